The number of nitrogens with one attached hydrogen (secondary N) is 1. The fourth-order valence-electron chi connectivity index (χ4n) is 2.95. The van der Waals surface area contributed by atoms with E-state index in [0.29, 0.717) is 36.9 Å². The van der Waals surface area contributed by atoms with Crippen LogP contribution in [-0.2, 0) is 4.79 Å². The number of hydrogen-bond acceptors (Lipinski definition) is 4. The number of hydrogen-bond donors (Lipinski definition) is 1. The molecule has 0 saturated carbocycles. The molecule has 1 aromatic carbocycles. The lowest BCUT2D eigenvalue weighted by atomic mass is 9.97. The van der Waals surface area contributed by atoms with Gasteiger partial charge in [-0.2, -0.15) is 0 Å². The fourth-order valence-corrected chi connectivity index (χ4v) is 3.64. The minimum atomic E-state index is -0.315. The zero-order valence-corrected chi connectivity index (χ0v) is 15.1. The zero-order chi connectivity index (χ0) is 18.4. The minimum absolute atomic E-state index is 0.00265. The Kier molecular flexibility index (Phi) is 6.22. The Morgan fingerprint density at radius 2 is 2.08 bits per heavy atom. The highest BCUT2D eigenvalue weighted by atomic mass is 32.1. The molecule has 1 saturated heterocycles. The molecular weight excluding hydrogens is 355 g/mol. The molecule has 0 radical (unpaired) electrons. The van der Waals surface area contributed by atoms with E-state index in [-0.39, 0.29) is 23.5 Å². The topological polar surface area (TPSA) is 58.6 Å². The summed E-state index contributed by atoms with van der Waals surface area (Å²) in [5, 5.41) is 4.73. The molecule has 5 nitrogen and oxygen atoms in total. The average Bonchev–Trinajstić information content (AvgIpc) is 3.21. The molecule has 1 N–H and O–H groups in total. The van der Waals surface area contributed by atoms with Crippen molar-refractivity contribution in [2.45, 2.75) is 12.8 Å². The molecule has 0 spiro atoms. The summed E-state index contributed by atoms with van der Waals surface area (Å²) in [7, 11) is 0. The molecule has 1 aromatic heterocycles. The zero-order valence-electron chi connectivity index (χ0n) is 14.3. The van der Waals surface area contributed by atoms with Gasteiger partial charge in [0.05, 0.1) is 17.3 Å². The van der Waals surface area contributed by atoms with E-state index in [4.69, 9.17) is 4.74 Å². The summed E-state index contributed by atoms with van der Waals surface area (Å²) < 4.78 is 18.3. The quantitative estimate of drug-likeness (QED) is 0.789. The van der Waals surface area contributed by atoms with Crippen LogP contribution < -0.4 is 10.1 Å². The van der Waals surface area contributed by atoms with Crippen LogP contribution in [0.25, 0.3) is 0 Å². The van der Waals surface area contributed by atoms with Crippen molar-refractivity contribution in [3.8, 4) is 5.75 Å². The van der Waals surface area contributed by atoms with Crippen LogP contribution in [0.1, 0.15) is 22.5 Å². The molecule has 26 heavy (non-hydrogen) atoms. The van der Waals surface area contributed by atoms with Crippen LogP contribution in [0, 0.1) is 11.7 Å². The first-order chi connectivity index (χ1) is 12.6. The lowest BCUT2D eigenvalue weighted by Crippen LogP contribution is -2.45. The molecule has 138 valence electrons. The van der Waals surface area contributed by atoms with Crippen molar-refractivity contribution in [2.24, 2.45) is 5.92 Å². The smallest absolute Gasteiger partial charge is 0.263 e. The summed E-state index contributed by atoms with van der Waals surface area (Å²) in [6.45, 7) is 1.81. The molecule has 3 rings (SSSR count). The van der Waals surface area contributed by atoms with E-state index >= 15 is 0 Å². The normalized spacial score (nSPS) is 17.0. The van der Waals surface area contributed by atoms with Crippen LogP contribution in [0.3, 0.4) is 0 Å². The van der Waals surface area contributed by atoms with Gasteiger partial charge >= 0.3 is 0 Å². The number of nitrogens with zero attached hydrogens (tertiary/aromatic N) is 1. The highest BCUT2D eigenvalue weighted by Gasteiger charge is 2.29. The maximum Gasteiger partial charge on any atom is 0.263 e. The summed E-state index contributed by atoms with van der Waals surface area (Å²) in [5.41, 5.74) is 0. The number of rotatable bonds is 6. The van der Waals surface area contributed by atoms with E-state index < -0.39 is 0 Å². The number of piperidine rings is 1. The molecule has 0 unspecified atom stereocenters. The Morgan fingerprint density at radius 1 is 1.27 bits per heavy atom. The van der Waals surface area contributed by atoms with Crippen LogP contribution in [-0.4, -0.2) is 43.0 Å². The number of carbonyl (C=O) groups excluding carboxylic acids is 2. The van der Waals surface area contributed by atoms with Gasteiger partial charge < -0.3 is 15.0 Å². The van der Waals surface area contributed by atoms with Crippen LogP contribution in [0.4, 0.5) is 4.39 Å². The Morgan fingerprint density at radius 3 is 2.81 bits per heavy atom. The van der Waals surface area contributed by atoms with E-state index in [1.165, 1.54) is 23.5 Å². The minimum Gasteiger partial charge on any atom is -0.492 e. The first-order valence-electron chi connectivity index (χ1n) is 8.62. The van der Waals surface area contributed by atoms with Crippen LogP contribution in [0.15, 0.2) is 41.8 Å². The van der Waals surface area contributed by atoms with Gasteiger partial charge in [0.1, 0.15) is 18.2 Å². The van der Waals surface area contributed by atoms with Crippen molar-refractivity contribution in [1.29, 1.82) is 0 Å². The van der Waals surface area contributed by atoms with E-state index in [1.807, 2.05) is 17.5 Å². The second kappa shape index (κ2) is 8.80. The summed E-state index contributed by atoms with van der Waals surface area (Å²) in [6, 6.07) is 9.42. The number of carbonyl (C=O) groups is 2. The molecule has 1 fully saturated rings. The molecule has 0 aliphatic carbocycles. The monoisotopic (exact) mass is 376 g/mol. The lowest BCUT2D eigenvalue weighted by Gasteiger charge is -2.31. The van der Waals surface area contributed by atoms with Gasteiger partial charge in [0, 0.05) is 13.1 Å². The van der Waals surface area contributed by atoms with Gasteiger partial charge in [-0.05, 0) is 48.6 Å². The maximum absolute atomic E-state index is 12.8. The standard InChI is InChI=1S/C19H21FN2O3S/c20-15-5-7-16(8-6-15)25-11-9-21-18(23)14-3-1-10-22(13-14)19(24)17-4-2-12-26-17/h2,4-8,12,14H,1,3,9-11,13H2,(H,21,23)/t14-/m1/s1. The van der Waals surface area contributed by atoms with Gasteiger partial charge in [0.15, 0.2) is 0 Å². The average molecular weight is 376 g/mol. The SMILES string of the molecule is O=C(NCCOc1ccc(F)cc1)[C@@H]1CCCN(C(=O)c2cccs2)C1. The molecule has 2 aromatic rings. The van der Waals surface area contributed by atoms with E-state index in [2.05, 4.69) is 5.32 Å². The Balaban J connectivity index is 1.42. The van der Waals surface area contributed by atoms with Crippen LogP contribution in [0.5, 0.6) is 5.75 Å². The number of thiophene rings is 1. The Bertz CT molecular complexity index is 734. The molecular formula is C19H21FN2O3S. The van der Waals surface area contributed by atoms with Gasteiger partial charge in [0.2, 0.25) is 5.91 Å². The molecule has 7 heteroatoms. The predicted octanol–water partition coefficient (Wildman–Crippen LogP) is 2.93. The maximum atomic E-state index is 12.8. The number of likely N-dealkylation sites (tertiary alicyclic amines) is 1. The second-order valence-electron chi connectivity index (χ2n) is 6.16. The number of amides is 2. The van der Waals surface area contributed by atoms with Crippen molar-refractivity contribution in [3.63, 3.8) is 0 Å². The first kappa shape index (κ1) is 18.4. The van der Waals surface area contributed by atoms with E-state index in [1.54, 1.807) is 17.0 Å². The first-order valence-corrected chi connectivity index (χ1v) is 9.50. The van der Waals surface area contributed by atoms with Crippen LogP contribution >= 0.6 is 11.3 Å². The Hall–Kier alpha value is -2.41. The third-order valence-corrected chi connectivity index (χ3v) is 5.15. The fraction of sp³-hybridized carbons (Fsp3) is 0.368. The van der Waals surface area contributed by atoms with E-state index in [9.17, 15) is 14.0 Å². The molecule has 1 aliphatic heterocycles. The molecule has 0 bridgehead atoms. The van der Waals surface area contributed by atoms with Crippen molar-refractivity contribution in [1.82, 2.24) is 10.2 Å². The van der Waals surface area contributed by atoms with Gasteiger partial charge in [-0.1, -0.05) is 6.07 Å². The third-order valence-electron chi connectivity index (χ3n) is 4.30. The largest absolute Gasteiger partial charge is 0.492 e. The molecule has 2 heterocycles. The second-order valence-corrected chi connectivity index (χ2v) is 7.11. The highest BCUT2D eigenvalue weighted by Crippen LogP contribution is 2.20. The van der Waals surface area contributed by atoms with Crippen LogP contribution in [0.2, 0.25) is 0 Å². The van der Waals surface area contributed by atoms with Gasteiger partial charge in [-0.15, -0.1) is 11.3 Å². The van der Waals surface area contributed by atoms with Gasteiger partial charge in [0.25, 0.3) is 5.91 Å². The van der Waals surface area contributed by atoms with E-state index in [0.717, 1.165) is 12.8 Å². The van der Waals surface area contributed by atoms with Crippen molar-refractivity contribution < 1.29 is 18.7 Å². The van der Waals surface area contributed by atoms with Crippen molar-refractivity contribution in [2.75, 3.05) is 26.2 Å². The Labute approximate surface area is 155 Å². The molecule has 1 atom stereocenters. The summed E-state index contributed by atoms with van der Waals surface area (Å²) in [4.78, 5) is 27.3. The van der Waals surface area contributed by atoms with Crippen molar-refractivity contribution >= 4 is 23.2 Å². The number of halogens is 1. The van der Waals surface area contributed by atoms with Crippen molar-refractivity contribution in [3.05, 3.63) is 52.5 Å². The lowest BCUT2D eigenvalue weighted by molar-refractivity contribution is -0.126. The summed E-state index contributed by atoms with van der Waals surface area (Å²) in [6.07, 6.45) is 1.60. The van der Waals surface area contributed by atoms with Gasteiger partial charge in [-0.25, -0.2) is 4.39 Å². The number of benzene rings is 1. The molecule has 2 amide bonds. The molecule has 1 aliphatic rings. The summed E-state index contributed by atoms with van der Waals surface area (Å²) in [5.74, 6) is -0.0114. The summed E-state index contributed by atoms with van der Waals surface area (Å²) >= 11 is 1.42. The number of ether oxygens (including phenoxy) is 1. The van der Waals surface area contributed by atoms with Gasteiger partial charge in [-0.3, -0.25) is 9.59 Å². The third kappa shape index (κ3) is 4.82. The predicted molar refractivity (Wildman–Crippen MR) is 97.9 cm³/mol. The highest BCUT2D eigenvalue weighted by molar-refractivity contribution is 7.12.